The van der Waals surface area contributed by atoms with Gasteiger partial charge in [-0.25, -0.2) is 9.97 Å². The van der Waals surface area contributed by atoms with E-state index in [-0.39, 0.29) is 0 Å². The lowest BCUT2D eigenvalue weighted by Crippen LogP contribution is -2.09. The van der Waals surface area contributed by atoms with Crippen molar-refractivity contribution in [2.24, 2.45) is 0 Å². The number of carbonyl (C=O) groups is 1. The summed E-state index contributed by atoms with van der Waals surface area (Å²) >= 11 is 1.62. The Kier molecular flexibility index (Phi) is 8.10. The minimum Gasteiger partial charge on any atom is -0.383 e. The van der Waals surface area contributed by atoms with Crippen molar-refractivity contribution in [2.75, 3.05) is 17.7 Å². The van der Waals surface area contributed by atoms with Crippen molar-refractivity contribution in [1.82, 2.24) is 14.5 Å². The Morgan fingerprint density at radius 1 is 1.19 bits per heavy atom. The zero-order chi connectivity index (χ0) is 22.9. The average Bonchev–Trinajstić information content (AvgIpc) is 3.43. The predicted octanol–water partition coefficient (Wildman–Crippen LogP) is 5.56. The molecule has 2 N–H and O–H groups in total. The average molecular weight is 452 g/mol. The Morgan fingerprint density at radius 2 is 2.03 bits per heavy atom. The second-order valence-electron chi connectivity index (χ2n) is 7.33. The number of rotatable bonds is 7. The zero-order valence-electron chi connectivity index (χ0n) is 18.2. The van der Waals surface area contributed by atoms with Crippen molar-refractivity contribution in [3.8, 4) is 11.3 Å². The number of benzene rings is 1. The minimum atomic E-state index is -0.507. The zero-order valence-corrected chi connectivity index (χ0v) is 19.1. The van der Waals surface area contributed by atoms with Gasteiger partial charge in [0, 0.05) is 48.7 Å². The van der Waals surface area contributed by atoms with Gasteiger partial charge in [-0.05, 0) is 55.8 Å². The quantitative estimate of drug-likeness (QED) is 0.285. The highest BCUT2D eigenvalue weighted by molar-refractivity contribution is 7.14. The van der Waals surface area contributed by atoms with Gasteiger partial charge in [0.25, 0.3) is 0 Å². The van der Waals surface area contributed by atoms with E-state index in [1.807, 2.05) is 7.05 Å². The predicted molar refractivity (Wildman–Crippen MR) is 129 cm³/mol. The molecule has 32 heavy (non-hydrogen) atoms. The molecule has 4 rings (SSSR count). The Morgan fingerprint density at radius 3 is 2.72 bits per heavy atom. The van der Waals surface area contributed by atoms with E-state index >= 15 is 0 Å². The summed E-state index contributed by atoms with van der Waals surface area (Å²) in [6.45, 7) is 4.74. The van der Waals surface area contributed by atoms with Crippen LogP contribution in [0.4, 0.5) is 15.2 Å². The molecule has 3 aromatic heterocycles. The minimum absolute atomic E-state index is 0.438. The summed E-state index contributed by atoms with van der Waals surface area (Å²) in [6.07, 6.45) is 3.97. The van der Waals surface area contributed by atoms with Gasteiger partial charge in [-0.1, -0.05) is 12.1 Å². The number of hydrogen-bond donors (Lipinski definition) is 2. The van der Waals surface area contributed by atoms with Crippen LogP contribution in [0.5, 0.6) is 0 Å². The van der Waals surface area contributed by atoms with Crippen LogP contribution in [0.15, 0.2) is 66.3 Å². The molecule has 0 amide bonds. The number of carbonyl (C=O) groups excluding carboxylic acids is 1. The van der Waals surface area contributed by atoms with Gasteiger partial charge in [-0.3, -0.25) is 4.79 Å². The van der Waals surface area contributed by atoms with Crippen LogP contribution in [0.1, 0.15) is 29.9 Å². The molecular weight excluding hydrogens is 425 g/mol. The summed E-state index contributed by atoms with van der Waals surface area (Å²) in [6, 6.07) is 15.4. The Labute approximate surface area is 191 Å². The number of thiazole rings is 1. The van der Waals surface area contributed by atoms with E-state index in [1.165, 1.54) is 12.3 Å². The molecule has 0 saturated heterocycles. The van der Waals surface area contributed by atoms with E-state index in [4.69, 9.17) is 0 Å². The smallest absolute Gasteiger partial charge is 0.213 e. The van der Waals surface area contributed by atoms with Crippen molar-refractivity contribution < 1.29 is 9.18 Å². The number of hydrogen-bond acceptors (Lipinski definition) is 6. The molecule has 0 fully saturated rings. The number of halogens is 1. The van der Waals surface area contributed by atoms with Crippen molar-refractivity contribution in [2.45, 2.75) is 26.4 Å². The lowest BCUT2D eigenvalue weighted by atomic mass is 10.1. The van der Waals surface area contributed by atoms with Crippen molar-refractivity contribution in [3.05, 3.63) is 83.5 Å². The molecule has 0 atom stereocenters. The van der Waals surface area contributed by atoms with Gasteiger partial charge >= 0.3 is 0 Å². The first-order valence-corrected chi connectivity index (χ1v) is 11.1. The molecule has 0 radical (unpaired) electrons. The summed E-state index contributed by atoms with van der Waals surface area (Å²) in [5.74, 6) is -0.507. The third-order valence-corrected chi connectivity index (χ3v) is 5.32. The lowest BCUT2D eigenvalue weighted by Gasteiger charge is -2.10. The maximum atomic E-state index is 12.8. The molecule has 0 aliphatic rings. The first kappa shape index (κ1) is 23.1. The summed E-state index contributed by atoms with van der Waals surface area (Å²) < 4.78 is 14.5. The van der Waals surface area contributed by atoms with Crippen LogP contribution in [0, 0.1) is 5.95 Å². The molecule has 8 heteroatoms. The van der Waals surface area contributed by atoms with Gasteiger partial charge in [-0.2, -0.15) is 4.39 Å². The number of pyridine rings is 1. The van der Waals surface area contributed by atoms with Crippen molar-refractivity contribution in [3.63, 3.8) is 0 Å². The molecule has 6 nitrogen and oxygen atoms in total. The number of nitrogens with zero attached hydrogens (tertiary/aromatic N) is 3. The molecule has 0 saturated carbocycles. The number of aldehydes is 1. The van der Waals surface area contributed by atoms with Crippen molar-refractivity contribution in [1.29, 1.82) is 0 Å². The highest BCUT2D eigenvalue weighted by Gasteiger charge is 2.05. The molecule has 0 aliphatic carbocycles. The van der Waals surface area contributed by atoms with Crippen LogP contribution in [-0.4, -0.2) is 33.9 Å². The second kappa shape index (κ2) is 11.2. The number of nitrogens with one attached hydrogen (secondary N) is 2. The van der Waals surface area contributed by atoms with E-state index in [2.05, 4.69) is 64.1 Å². The molecule has 4 aromatic rings. The monoisotopic (exact) mass is 451 g/mol. The van der Waals surface area contributed by atoms with Crippen LogP contribution < -0.4 is 10.6 Å². The first-order chi connectivity index (χ1) is 15.5. The summed E-state index contributed by atoms with van der Waals surface area (Å²) in [5.41, 5.74) is 4.66. The number of anilines is 2. The fourth-order valence-electron chi connectivity index (χ4n) is 3.04. The Bertz CT molecular complexity index is 1150. The van der Waals surface area contributed by atoms with Gasteiger partial charge < -0.3 is 15.2 Å². The fraction of sp³-hybridized carbons (Fsp3) is 0.208. The summed E-state index contributed by atoms with van der Waals surface area (Å²) in [4.78, 5) is 18.6. The molecule has 0 aliphatic heterocycles. The summed E-state index contributed by atoms with van der Waals surface area (Å²) in [5, 5.41) is 9.47. The van der Waals surface area contributed by atoms with E-state index in [9.17, 15) is 9.18 Å². The maximum absolute atomic E-state index is 12.8. The van der Waals surface area contributed by atoms with E-state index < -0.39 is 5.95 Å². The van der Waals surface area contributed by atoms with Gasteiger partial charge in [0.2, 0.25) is 5.95 Å². The second-order valence-corrected chi connectivity index (χ2v) is 8.19. The molecule has 3 heterocycles. The Hall–Kier alpha value is -3.52. The van der Waals surface area contributed by atoms with Crippen molar-refractivity contribution >= 4 is 28.4 Å². The van der Waals surface area contributed by atoms with Gasteiger partial charge in [0.15, 0.2) is 11.4 Å². The summed E-state index contributed by atoms with van der Waals surface area (Å²) in [7, 11) is 1.89. The van der Waals surface area contributed by atoms with Gasteiger partial charge in [0.1, 0.15) is 0 Å². The normalized spacial score (nSPS) is 10.4. The van der Waals surface area contributed by atoms with E-state index in [1.54, 1.807) is 40.3 Å². The third-order valence-electron chi connectivity index (χ3n) is 4.46. The van der Waals surface area contributed by atoms with Crippen LogP contribution >= 0.6 is 11.3 Å². The number of aromatic nitrogens is 3. The maximum Gasteiger partial charge on any atom is 0.213 e. The highest BCUT2D eigenvalue weighted by atomic mass is 32.1. The van der Waals surface area contributed by atoms with Gasteiger partial charge in [-0.15, -0.1) is 11.3 Å². The molecule has 1 aromatic carbocycles. The molecule has 0 unspecified atom stereocenters. The topological polar surface area (TPSA) is 71.8 Å². The van der Waals surface area contributed by atoms with Gasteiger partial charge in [0.05, 0.1) is 11.4 Å². The standard InChI is InChI=1S/C13H17N3S.C11H9FN2O/c1-9(2)15-11-6-4-5-10(7-11)12-8-17-13(14-3)16-12;12-11-6-9(3-4-13-11)7-14-5-1-2-10(14)8-15/h4-9,15H,1-3H3,(H,14,16);1-6,8H,7H2. The van der Waals surface area contributed by atoms with Crippen LogP contribution in [0.3, 0.4) is 0 Å². The lowest BCUT2D eigenvalue weighted by molar-refractivity contribution is 0.111. The largest absolute Gasteiger partial charge is 0.383 e. The first-order valence-electron chi connectivity index (χ1n) is 10.2. The molecule has 0 spiro atoms. The van der Waals surface area contributed by atoms with E-state index in [0.29, 0.717) is 18.3 Å². The SMILES string of the molecule is CNc1nc(-c2cccc(NC(C)C)c2)cs1.O=Cc1cccn1Cc1ccnc(F)c1. The molecule has 0 bridgehead atoms. The van der Waals surface area contributed by atoms with Crippen LogP contribution in [-0.2, 0) is 6.54 Å². The Balaban J connectivity index is 0.000000182. The van der Waals surface area contributed by atoms with E-state index in [0.717, 1.165) is 33.9 Å². The third kappa shape index (κ3) is 6.49. The molecule has 166 valence electrons. The fourth-order valence-corrected chi connectivity index (χ4v) is 3.72. The highest BCUT2D eigenvalue weighted by Crippen LogP contribution is 2.26. The molecular formula is C24H26FN5OS. The van der Waals surface area contributed by atoms with Crippen LogP contribution in [0.25, 0.3) is 11.3 Å². The van der Waals surface area contributed by atoms with Crippen LogP contribution in [0.2, 0.25) is 0 Å².